The maximum absolute atomic E-state index is 12.8. The minimum Gasteiger partial charge on any atom is -0.392 e. The lowest BCUT2D eigenvalue weighted by atomic mass is 9.80. The fourth-order valence-electron chi connectivity index (χ4n) is 2.32. The van der Waals surface area contributed by atoms with Crippen LogP contribution in [0.2, 0.25) is 0 Å². The number of rotatable bonds is 10. The van der Waals surface area contributed by atoms with Gasteiger partial charge in [-0.15, -0.1) is 0 Å². The van der Waals surface area contributed by atoms with Gasteiger partial charge in [0.15, 0.2) is 0 Å². The highest BCUT2D eigenvalue weighted by atomic mass is 32.1. The summed E-state index contributed by atoms with van der Waals surface area (Å²) < 4.78 is 0. The molecule has 19 heavy (non-hydrogen) atoms. The van der Waals surface area contributed by atoms with Crippen LogP contribution in [0.15, 0.2) is 0 Å². The molecule has 0 atom stereocenters. The highest BCUT2D eigenvalue weighted by molar-refractivity contribution is 7.80. The molecule has 0 spiro atoms. The van der Waals surface area contributed by atoms with Crippen molar-refractivity contribution < 1.29 is 4.79 Å². The molecule has 0 aliphatic heterocycles. The van der Waals surface area contributed by atoms with Gasteiger partial charge in [-0.05, 0) is 25.7 Å². The van der Waals surface area contributed by atoms with Crippen LogP contribution in [0.25, 0.3) is 0 Å². The second-order valence-electron chi connectivity index (χ2n) is 5.15. The molecule has 1 amide bonds. The zero-order valence-corrected chi connectivity index (χ0v) is 13.8. The molecule has 112 valence electrons. The molecule has 0 aliphatic carbocycles. The average molecular weight is 286 g/mol. The number of unbranched alkanes of at least 4 members (excludes halogenated alkanes) is 2. The van der Waals surface area contributed by atoms with Crippen LogP contribution in [0.5, 0.6) is 0 Å². The van der Waals surface area contributed by atoms with Crippen molar-refractivity contribution in [3.63, 3.8) is 0 Å². The Balaban J connectivity index is 5.05. The molecule has 0 bridgehead atoms. The van der Waals surface area contributed by atoms with Crippen molar-refractivity contribution in [2.45, 2.75) is 66.2 Å². The van der Waals surface area contributed by atoms with E-state index in [9.17, 15) is 4.79 Å². The van der Waals surface area contributed by atoms with Crippen molar-refractivity contribution in [2.24, 2.45) is 11.1 Å². The first-order valence-corrected chi connectivity index (χ1v) is 8.00. The molecular weight excluding hydrogens is 256 g/mol. The molecule has 0 aromatic rings. The first-order valence-electron chi connectivity index (χ1n) is 7.59. The molecule has 0 aromatic carbocycles. The zero-order valence-electron chi connectivity index (χ0n) is 13.0. The lowest BCUT2D eigenvalue weighted by Gasteiger charge is -2.35. The van der Waals surface area contributed by atoms with Gasteiger partial charge >= 0.3 is 0 Å². The molecule has 0 heterocycles. The van der Waals surface area contributed by atoms with Gasteiger partial charge in [-0.3, -0.25) is 4.79 Å². The lowest BCUT2D eigenvalue weighted by Crippen LogP contribution is -2.50. The van der Waals surface area contributed by atoms with Gasteiger partial charge in [0.05, 0.1) is 10.4 Å². The molecule has 0 saturated heterocycles. The van der Waals surface area contributed by atoms with Gasteiger partial charge < -0.3 is 10.6 Å². The monoisotopic (exact) mass is 286 g/mol. The van der Waals surface area contributed by atoms with E-state index >= 15 is 0 Å². The van der Waals surface area contributed by atoms with Gasteiger partial charge in [0.25, 0.3) is 0 Å². The Hall–Kier alpha value is -0.640. The number of amides is 1. The van der Waals surface area contributed by atoms with E-state index in [1.165, 1.54) is 0 Å². The average Bonchev–Trinajstić information content (AvgIpc) is 2.40. The summed E-state index contributed by atoms with van der Waals surface area (Å²) in [7, 11) is 0. The van der Waals surface area contributed by atoms with Crippen LogP contribution in [-0.4, -0.2) is 28.9 Å². The number of thiocarbonyl (C=S) groups is 1. The van der Waals surface area contributed by atoms with E-state index in [4.69, 9.17) is 18.0 Å². The number of carbonyl (C=O) groups is 1. The molecule has 0 fully saturated rings. The van der Waals surface area contributed by atoms with Gasteiger partial charge in [0.1, 0.15) is 0 Å². The van der Waals surface area contributed by atoms with E-state index in [1.807, 2.05) is 18.7 Å². The van der Waals surface area contributed by atoms with Crippen molar-refractivity contribution in [1.29, 1.82) is 0 Å². The number of hydrogen-bond acceptors (Lipinski definition) is 2. The molecule has 0 radical (unpaired) electrons. The normalized spacial score (nSPS) is 11.4. The number of nitrogens with zero attached hydrogens (tertiary/aromatic N) is 1. The summed E-state index contributed by atoms with van der Waals surface area (Å²) in [4.78, 5) is 15.2. The first kappa shape index (κ1) is 18.4. The van der Waals surface area contributed by atoms with Gasteiger partial charge in [-0.1, -0.05) is 52.8 Å². The van der Waals surface area contributed by atoms with Crippen molar-refractivity contribution >= 4 is 23.1 Å². The molecule has 0 rings (SSSR count). The summed E-state index contributed by atoms with van der Waals surface area (Å²) in [5.74, 6) is 0.131. The predicted octanol–water partition coefficient (Wildman–Crippen LogP) is 3.51. The molecule has 4 heteroatoms. The summed E-state index contributed by atoms with van der Waals surface area (Å²) in [5.41, 5.74) is 5.23. The van der Waals surface area contributed by atoms with Crippen molar-refractivity contribution in [2.75, 3.05) is 13.1 Å². The van der Waals surface area contributed by atoms with Gasteiger partial charge in [-0.2, -0.15) is 0 Å². The van der Waals surface area contributed by atoms with Gasteiger partial charge in [-0.25, -0.2) is 0 Å². The maximum Gasteiger partial charge on any atom is 0.235 e. The Labute approximate surface area is 123 Å². The first-order chi connectivity index (χ1) is 8.99. The quantitative estimate of drug-likeness (QED) is 0.625. The molecule has 0 aromatic heterocycles. The SMILES string of the molecule is CCCCN(CCCC)C(=O)C(CC)(CC)C(N)=S. The number of carbonyl (C=O) groups excluding carboxylic acids is 1. The minimum absolute atomic E-state index is 0.131. The highest BCUT2D eigenvalue weighted by Crippen LogP contribution is 2.30. The molecule has 2 N–H and O–H groups in total. The standard InChI is InChI=1S/C15H30N2OS/c1-5-9-11-17(12-10-6-2)14(18)15(7-3,8-4)13(16)19/h5-12H2,1-4H3,(H2,16,19). The minimum atomic E-state index is -0.642. The Kier molecular flexibility index (Phi) is 8.98. The third-order valence-electron chi connectivity index (χ3n) is 3.94. The van der Waals surface area contributed by atoms with Crippen molar-refractivity contribution in [1.82, 2.24) is 4.90 Å². The lowest BCUT2D eigenvalue weighted by molar-refractivity contribution is -0.138. The number of nitrogens with two attached hydrogens (primary N) is 1. The Bertz CT molecular complexity index is 280. The molecule has 0 aliphatic rings. The van der Waals surface area contributed by atoms with Gasteiger partial charge in [0, 0.05) is 13.1 Å². The summed E-state index contributed by atoms with van der Waals surface area (Å²) in [5, 5.41) is 0. The van der Waals surface area contributed by atoms with Crippen LogP contribution in [0, 0.1) is 5.41 Å². The summed E-state index contributed by atoms with van der Waals surface area (Å²) in [6, 6.07) is 0. The predicted molar refractivity (Wildman–Crippen MR) is 86.2 cm³/mol. The van der Waals surface area contributed by atoms with Crippen LogP contribution in [0.3, 0.4) is 0 Å². The summed E-state index contributed by atoms with van der Waals surface area (Å²) >= 11 is 5.18. The third-order valence-corrected chi connectivity index (χ3v) is 4.33. The largest absolute Gasteiger partial charge is 0.392 e. The third kappa shape index (κ3) is 4.75. The number of hydrogen-bond donors (Lipinski definition) is 1. The van der Waals surface area contributed by atoms with Crippen LogP contribution in [0.4, 0.5) is 0 Å². The topological polar surface area (TPSA) is 46.3 Å². The highest BCUT2D eigenvalue weighted by Gasteiger charge is 2.40. The summed E-state index contributed by atoms with van der Waals surface area (Å²) in [6.07, 6.45) is 5.63. The summed E-state index contributed by atoms with van der Waals surface area (Å²) in [6.45, 7) is 9.92. The van der Waals surface area contributed by atoms with E-state index in [0.717, 1.165) is 38.8 Å². The van der Waals surface area contributed by atoms with Crippen molar-refractivity contribution in [3.8, 4) is 0 Å². The van der Waals surface area contributed by atoms with Crippen LogP contribution < -0.4 is 5.73 Å². The Morgan fingerprint density at radius 1 is 1.05 bits per heavy atom. The molecule has 0 unspecified atom stereocenters. The second-order valence-corrected chi connectivity index (χ2v) is 5.59. The van der Waals surface area contributed by atoms with E-state index in [1.54, 1.807) is 0 Å². The maximum atomic E-state index is 12.8. The Morgan fingerprint density at radius 3 is 1.74 bits per heavy atom. The van der Waals surface area contributed by atoms with Gasteiger partial charge in [0.2, 0.25) is 5.91 Å². The van der Waals surface area contributed by atoms with Crippen LogP contribution in [-0.2, 0) is 4.79 Å². The van der Waals surface area contributed by atoms with E-state index in [-0.39, 0.29) is 5.91 Å². The Morgan fingerprint density at radius 2 is 1.47 bits per heavy atom. The molecule has 0 saturated carbocycles. The van der Waals surface area contributed by atoms with E-state index in [2.05, 4.69) is 13.8 Å². The van der Waals surface area contributed by atoms with E-state index in [0.29, 0.717) is 17.8 Å². The fraction of sp³-hybridized carbons (Fsp3) is 0.867. The van der Waals surface area contributed by atoms with Crippen LogP contribution in [0.1, 0.15) is 66.2 Å². The smallest absolute Gasteiger partial charge is 0.235 e. The van der Waals surface area contributed by atoms with Crippen molar-refractivity contribution in [3.05, 3.63) is 0 Å². The second kappa shape index (κ2) is 9.29. The fourth-order valence-corrected chi connectivity index (χ4v) is 2.70. The zero-order chi connectivity index (χ0) is 14.9. The molecule has 3 nitrogen and oxygen atoms in total. The van der Waals surface area contributed by atoms with Crippen LogP contribution >= 0.6 is 12.2 Å². The van der Waals surface area contributed by atoms with E-state index < -0.39 is 5.41 Å². The molecular formula is C15H30N2OS.